The number of pyridine rings is 1. The second-order valence-corrected chi connectivity index (χ2v) is 11.2. The summed E-state index contributed by atoms with van der Waals surface area (Å²) in [5.74, 6) is 0.773. The molecule has 0 bridgehead atoms. The lowest BCUT2D eigenvalue weighted by atomic mass is 9.89. The molecule has 2 N–H and O–H groups in total. The molecule has 208 valence electrons. The van der Waals surface area contributed by atoms with Gasteiger partial charge in [-0.3, -0.25) is 4.79 Å². The molecule has 1 saturated heterocycles. The number of ether oxygens (including phenoxy) is 2. The maximum absolute atomic E-state index is 15.1. The summed E-state index contributed by atoms with van der Waals surface area (Å²) < 4.78 is 27.2. The molecule has 3 heterocycles. The minimum atomic E-state index is -1.57. The highest BCUT2D eigenvalue weighted by atomic mass is 127. The van der Waals surface area contributed by atoms with Crippen LogP contribution in [0.1, 0.15) is 29.5 Å². The highest BCUT2D eigenvalue weighted by Crippen LogP contribution is 2.39. The predicted molar refractivity (Wildman–Crippen MR) is 154 cm³/mol. The Kier molecular flexibility index (Phi) is 8.11. The van der Waals surface area contributed by atoms with Crippen LogP contribution in [-0.2, 0) is 17.8 Å². The van der Waals surface area contributed by atoms with E-state index in [-0.39, 0.29) is 44.1 Å². The zero-order valence-corrected chi connectivity index (χ0v) is 24.0. The van der Waals surface area contributed by atoms with Crippen molar-refractivity contribution >= 4 is 40.0 Å². The van der Waals surface area contributed by atoms with Gasteiger partial charge in [0.15, 0.2) is 0 Å². The van der Waals surface area contributed by atoms with E-state index in [2.05, 4.69) is 33.6 Å². The summed E-state index contributed by atoms with van der Waals surface area (Å²) in [5.41, 5.74) is 0.360. The number of hydrogen-bond acceptors (Lipinski definition) is 8. The molecule has 0 aliphatic carbocycles. The van der Waals surface area contributed by atoms with Gasteiger partial charge in [0, 0.05) is 34.8 Å². The van der Waals surface area contributed by atoms with Crippen LogP contribution >= 0.6 is 22.6 Å². The molecule has 0 saturated carbocycles. The molecule has 40 heavy (non-hydrogen) atoms. The van der Waals surface area contributed by atoms with E-state index in [1.54, 1.807) is 36.4 Å². The molecule has 2 aliphatic heterocycles. The molecular formula is C29H28FIN4O5. The molecule has 1 aromatic heterocycles. The summed E-state index contributed by atoms with van der Waals surface area (Å²) in [4.78, 5) is 20.4. The topological polar surface area (TPSA) is 119 Å². The molecule has 1 amide bonds. The van der Waals surface area contributed by atoms with Crippen molar-refractivity contribution in [1.82, 2.24) is 4.98 Å². The monoisotopic (exact) mass is 658 g/mol. The third kappa shape index (κ3) is 5.56. The molecule has 2 aromatic carbocycles. The molecule has 0 radical (unpaired) electrons. The first-order valence-corrected chi connectivity index (χ1v) is 13.9. The van der Waals surface area contributed by atoms with Crippen LogP contribution in [0.5, 0.6) is 11.5 Å². The molecule has 9 nitrogen and oxygen atoms in total. The molecule has 0 spiro atoms. The molecule has 5 rings (SSSR count). The molecule has 0 unspecified atom stereocenters. The van der Waals surface area contributed by atoms with Crippen LogP contribution in [0.3, 0.4) is 0 Å². The standard InChI is InChI=1S/C29H28FIN4O5/c1-39-21-4-2-18(3-5-21)15-35-26(37)9-6-22-24(8-7-23(30)27(22)35)40-17-29(38)10-11-34(16-25(29)36)28-19(13-32)12-20(31)14-33-28/h2-5,7-8,12,14,25,36,38H,6,9-11,15-17H2,1H3/t25-,29-/m1/s1. The van der Waals surface area contributed by atoms with Gasteiger partial charge in [-0.25, -0.2) is 9.37 Å². The summed E-state index contributed by atoms with van der Waals surface area (Å²) in [7, 11) is 1.57. The van der Waals surface area contributed by atoms with Gasteiger partial charge in [-0.05, 0) is 71.3 Å². The third-order valence-electron chi connectivity index (χ3n) is 7.41. The number of methoxy groups -OCH3 is 1. The average molecular weight is 658 g/mol. The second-order valence-electron chi connectivity index (χ2n) is 9.94. The number of nitrogens with zero attached hydrogens (tertiary/aromatic N) is 4. The van der Waals surface area contributed by atoms with Gasteiger partial charge in [0.05, 0.1) is 24.9 Å². The van der Waals surface area contributed by atoms with Crippen molar-refractivity contribution in [2.24, 2.45) is 0 Å². The largest absolute Gasteiger partial charge is 0.497 e. The third-order valence-corrected chi connectivity index (χ3v) is 8.00. The van der Waals surface area contributed by atoms with Crippen molar-refractivity contribution in [3.8, 4) is 17.6 Å². The Morgan fingerprint density at radius 1 is 1.25 bits per heavy atom. The Bertz CT molecular complexity index is 1460. The Morgan fingerprint density at radius 3 is 2.73 bits per heavy atom. The van der Waals surface area contributed by atoms with Crippen molar-refractivity contribution in [2.45, 2.75) is 37.5 Å². The number of amides is 1. The first-order chi connectivity index (χ1) is 19.2. The lowest BCUT2D eigenvalue weighted by Gasteiger charge is -2.42. The zero-order valence-electron chi connectivity index (χ0n) is 21.8. The van der Waals surface area contributed by atoms with E-state index in [4.69, 9.17) is 9.47 Å². The van der Waals surface area contributed by atoms with Gasteiger partial charge in [0.1, 0.15) is 47.5 Å². The number of carbonyl (C=O) groups is 1. The Hall–Kier alpha value is -3.47. The fourth-order valence-corrected chi connectivity index (χ4v) is 5.58. The average Bonchev–Trinajstić information content (AvgIpc) is 2.96. The van der Waals surface area contributed by atoms with E-state index in [1.807, 2.05) is 12.1 Å². The Morgan fingerprint density at radius 2 is 2.02 bits per heavy atom. The molecule has 2 atom stereocenters. The van der Waals surface area contributed by atoms with Gasteiger partial charge in [0.2, 0.25) is 5.91 Å². The van der Waals surface area contributed by atoms with Gasteiger partial charge < -0.3 is 29.5 Å². The van der Waals surface area contributed by atoms with Crippen LogP contribution in [-0.4, -0.2) is 59.6 Å². The summed E-state index contributed by atoms with van der Waals surface area (Å²) in [6.45, 7) is 0.377. The van der Waals surface area contributed by atoms with Crippen molar-refractivity contribution < 1.29 is 28.9 Å². The summed E-state index contributed by atoms with van der Waals surface area (Å²) in [5, 5.41) is 31.7. The van der Waals surface area contributed by atoms with Gasteiger partial charge in [-0.2, -0.15) is 5.26 Å². The van der Waals surface area contributed by atoms with E-state index in [0.29, 0.717) is 41.4 Å². The number of aliphatic hydroxyl groups excluding tert-OH is 1. The lowest BCUT2D eigenvalue weighted by molar-refractivity contribution is -0.119. The van der Waals surface area contributed by atoms with Crippen LogP contribution < -0.4 is 19.3 Å². The number of nitriles is 1. The van der Waals surface area contributed by atoms with E-state index in [0.717, 1.165) is 9.13 Å². The predicted octanol–water partition coefficient (Wildman–Crippen LogP) is 3.57. The van der Waals surface area contributed by atoms with Gasteiger partial charge in [-0.1, -0.05) is 12.1 Å². The van der Waals surface area contributed by atoms with Gasteiger partial charge >= 0.3 is 0 Å². The van der Waals surface area contributed by atoms with Crippen molar-refractivity contribution in [2.75, 3.05) is 36.6 Å². The number of aromatic nitrogens is 1. The van der Waals surface area contributed by atoms with Crippen LogP contribution in [0.4, 0.5) is 15.9 Å². The number of anilines is 2. The number of piperidine rings is 1. The Balaban J connectivity index is 1.32. The minimum absolute atomic E-state index is 0.0633. The van der Waals surface area contributed by atoms with E-state index < -0.39 is 17.5 Å². The molecular weight excluding hydrogens is 630 g/mol. The molecule has 3 aromatic rings. The quantitative estimate of drug-likeness (QED) is 0.370. The van der Waals surface area contributed by atoms with E-state index in [9.17, 15) is 20.3 Å². The highest BCUT2D eigenvalue weighted by Gasteiger charge is 2.42. The molecule has 1 fully saturated rings. The maximum Gasteiger partial charge on any atom is 0.227 e. The van der Waals surface area contributed by atoms with E-state index >= 15 is 4.39 Å². The summed E-state index contributed by atoms with van der Waals surface area (Å²) in [6, 6.07) is 13.8. The first kappa shape index (κ1) is 28.1. The molecule has 2 aliphatic rings. The van der Waals surface area contributed by atoms with Crippen LogP contribution in [0.2, 0.25) is 0 Å². The minimum Gasteiger partial charge on any atom is -0.497 e. The van der Waals surface area contributed by atoms with Gasteiger partial charge in [-0.15, -0.1) is 0 Å². The highest BCUT2D eigenvalue weighted by molar-refractivity contribution is 14.1. The number of aliphatic hydroxyl groups is 2. The number of β-amino-alcohol motifs (C(OH)–C–C–N with tert-alkyl or cyclic N) is 1. The fraction of sp³-hybridized carbons (Fsp3) is 0.345. The van der Waals surface area contributed by atoms with Crippen molar-refractivity contribution in [3.63, 3.8) is 0 Å². The molecule has 11 heteroatoms. The number of fused-ring (bicyclic) bond motifs is 1. The maximum atomic E-state index is 15.1. The summed E-state index contributed by atoms with van der Waals surface area (Å²) >= 11 is 2.08. The number of rotatable bonds is 7. The first-order valence-electron chi connectivity index (χ1n) is 12.8. The van der Waals surface area contributed by atoms with E-state index in [1.165, 1.54) is 17.0 Å². The van der Waals surface area contributed by atoms with Gasteiger partial charge in [0.25, 0.3) is 0 Å². The number of hydrogen-bond donors (Lipinski definition) is 2. The number of benzene rings is 2. The van der Waals surface area contributed by atoms with Crippen molar-refractivity contribution in [3.05, 3.63) is 74.7 Å². The number of carbonyl (C=O) groups excluding carboxylic acids is 1. The zero-order chi connectivity index (χ0) is 28.4. The smallest absolute Gasteiger partial charge is 0.227 e. The van der Waals surface area contributed by atoms with Crippen LogP contribution in [0.15, 0.2) is 48.7 Å². The normalized spacial score (nSPS) is 20.6. The number of halogens is 2. The van der Waals surface area contributed by atoms with Crippen LogP contribution in [0.25, 0.3) is 0 Å². The fourth-order valence-electron chi connectivity index (χ4n) is 5.13. The Labute approximate surface area is 244 Å². The second kappa shape index (κ2) is 11.6. The lowest BCUT2D eigenvalue weighted by Crippen LogP contribution is -2.58. The SMILES string of the molecule is COc1ccc(CN2C(=O)CCc3c(OC[C@]4(O)CCN(c5ncc(I)cc5C#N)C[C@H]4O)ccc(F)c32)cc1. The van der Waals surface area contributed by atoms with Crippen molar-refractivity contribution in [1.29, 1.82) is 5.26 Å². The van der Waals surface area contributed by atoms with Crippen LogP contribution in [0, 0.1) is 20.7 Å². The summed E-state index contributed by atoms with van der Waals surface area (Å²) in [6.07, 6.45) is 1.11.